The van der Waals surface area contributed by atoms with E-state index in [-0.39, 0.29) is 29.4 Å². The van der Waals surface area contributed by atoms with E-state index < -0.39 is 94.6 Å². The van der Waals surface area contributed by atoms with Gasteiger partial charge in [-0.1, -0.05) is 39.0 Å². The fourth-order valence-corrected chi connectivity index (χ4v) is 9.16. The molecule has 0 aromatic rings. The van der Waals surface area contributed by atoms with Crippen LogP contribution in [0.15, 0.2) is 0 Å². The summed E-state index contributed by atoms with van der Waals surface area (Å²) in [7, 11) is -15.0. The Kier molecular flexibility index (Phi) is 26.0. The maximum absolute atomic E-state index is 11.1. The predicted molar refractivity (Wildman–Crippen MR) is 239 cm³/mol. The molecule has 0 radical (unpaired) electrons. The second-order valence-electron chi connectivity index (χ2n) is 17.9. The molecule has 20 heteroatoms. The van der Waals surface area contributed by atoms with Crippen molar-refractivity contribution in [2.75, 3.05) is 37.0 Å². The van der Waals surface area contributed by atoms with Crippen molar-refractivity contribution in [3.05, 3.63) is 0 Å². The standard InChI is InChI=1S/4C8H16O3S.C5H8O.C3H8O2S/c4*1-6(12(2,10)11)8(9)7-4-3-5-7;6-4-5-2-1-3-5;1-3-6(2,4)5/h4*6-9H,3-5H2,1-2H3;4-5H,1-3H2;3H2,1-2H3/t2*6-,8+;2*6-,8-;;/m1010../s1. The number of aliphatic hydroxyl groups excluding tert-OH is 4. The van der Waals surface area contributed by atoms with E-state index in [1.807, 2.05) is 0 Å². The van der Waals surface area contributed by atoms with E-state index in [4.69, 9.17) is 0 Å². The van der Waals surface area contributed by atoms with E-state index >= 15 is 0 Å². The van der Waals surface area contributed by atoms with Gasteiger partial charge >= 0.3 is 0 Å². The van der Waals surface area contributed by atoms with Gasteiger partial charge in [0.2, 0.25) is 0 Å². The minimum absolute atomic E-state index is 0.217. The molecule has 0 aromatic heterocycles. The molecule has 4 N–H and O–H groups in total. The number of aldehydes is 1. The molecule has 0 amide bonds. The Labute approximate surface area is 363 Å². The van der Waals surface area contributed by atoms with E-state index in [0.717, 1.165) is 96.2 Å². The largest absolute Gasteiger partial charge is 0.392 e. The Hall–Kier alpha value is -0.740. The van der Waals surface area contributed by atoms with Crippen LogP contribution >= 0.6 is 0 Å². The molecular weight excluding hydrogens is 881 g/mol. The van der Waals surface area contributed by atoms with E-state index in [2.05, 4.69) is 0 Å². The van der Waals surface area contributed by atoms with Gasteiger partial charge in [0.15, 0.2) is 39.3 Å². The van der Waals surface area contributed by atoms with Crippen molar-refractivity contribution in [2.45, 2.75) is 176 Å². The maximum Gasteiger partial charge on any atom is 0.152 e. The molecule has 0 unspecified atom stereocenters. The molecule has 8 atom stereocenters. The first kappa shape index (κ1) is 59.3. The van der Waals surface area contributed by atoms with Crippen LogP contribution in [-0.4, -0.2) is 151 Å². The fraction of sp³-hybridized carbons (Fsp3) is 0.975. The Morgan fingerprint density at radius 1 is 0.417 bits per heavy atom. The first-order chi connectivity index (χ1) is 27.2. The number of carbonyl (C=O) groups excluding carboxylic acids is 1. The summed E-state index contributed by atoms with van der Waals surface area (Å²) in [5.41, 5.74) is 0. The highest BCUT2D eigenvalue weighted by atomic mass is 32.2. The average Bonchev–Trinajstić information content (AvgIpc) is 2.98. The lowest BCUT2D eigenvalue weighted by Crippen LogP contribution is -2.39. The summed E-state index contributed by atoms with van der Waals surface area (Å²) in [6, 6.07) is 0. The summed E-state index contributed by atoms with van der Waals surface area (Å²) in [5, 5.41) is 35.9. The highest BCUT2D eigenvalue weighted by Gasteiger charge is 2.37. The van der Waals surface area contributed by atoms with Gasteiger partial charge in [0.05, 0.1) is 45.4 Å². The van der Waals surface area contributed by atoms with Crippen molar-refractivity contribution in [3.63, 3.8) is 0 Å². The molecule has 5 rings (SSSR count). The molecule has 5 saturated carbocycles. The molecular formula is C40H80O15S5. The van der Waals surface area contributed by atoms with Gasteiger partial charge in [-0.25, -0.2) is 42.1 Å². The molecule has 15 nitrogen and oxygen atoms in total. The van der Waals surface area contributed by atoms with Crippen molar-refractivity contribution in [1.82, 2.24) is 0 Å². The van der Waals surface area contributed by atoms with Gasteiger partial charge in [-0.2, -0.15) is 0 Å². The summed E-state index contributed by atoms with van der Waals surface area (Å²) in [6.07, 6.45) is 20.2. The van der Waals surface area contributed by atoms with Gasteiger partial charge in [0, 0.05) is 42.9 Å². The smallest absolute Gasteiger partial charge is 0.152 e. The van der Waals surface area contributed by atoms with E-state index in [0.29, 0.717) is 5.92 Å². The SMILES string of the molecule is CCS(C)(=O)=O.C[C@@H]([C@@H](O)C1CCC1)S(C)(=O)=O.C[C@@H]([C@H](O)C1CCC1)S(C)(=O)=O.C[C@H]([C@@H](O)C1CCC1)S(C)(=O)=O.C[C@H]([C@H](O)C1CCC1)S(C)(=O)=O.O=CC1CCC1. The molecule has 0 aromatic carbocycles. The van der Waals surface area contributed by atoms with Gasteiger partial charge in [-0.3, -0.25) is 0 Å². The van der Waals surface area contributed by atoms with Gasteiger partial charge in [0.1, 0.15) is 16.1 Å². The Balaban J connectivity index is 0.000000710. The zero-order chi connectivity index (χ0) is 47.0. The maximum atomic E-state index is 11.1. The van der Waals surface area contributed by atoms with E-state index in [9.17, 15) is 67.3 Å². The summed E-state index contributed by atoms with van der Waals surface area (Å²) >= 11 is 0. The average molecular weight is 961 g/mol. The topological polar surface area (TPSA) is 269 Å². The summed E-state index contributed by atoms with van der Waals surface area (Å²) in [5.74, 6) is 1.55. The highest BCUT2D eigenvalue weighted by Crippen LogP contribution is 2.34. The third-order valence-electron chi connectivity index (χ3n) is 13.0. The Morgan fingerprint density at radius 2 is 0.583 bits per heavy atom. The minimum atomic E-state index is -3.07. The van der Waals surface area contributed by atoms with Crippen LogP contribution in [0.4, 0.5) is 0 Å². The van der Waals surface area contributed by atoms with Gasteiger partial charge in [0.25, 0.3) is 0 Å². The second kappa shape index (κ2) is 26.3. The first-order valence-electron chi connectivity index (χ1n) is 21.3. The first-order valence-corrected chi connectivity index (χ1v) is 31.2. The Morgan fingerprint density at radius 3 is 0.633 bits per heavy atom. The number of hydrogen-bond acceptors (Lipinski definition) is 15. The molecule has 0 aliphatic heterocycles. The van der Waals surface area contributed by atoms with Gasteiger partial charge in [-0.15, -0.1) is 0 Å². The van der Waals surface area contributed by atoms with E-state index in [1.165, 1.54) is 37.7 Å². The van der Waals surface area contributed by atoms with Crippen molar-refractivity contribution < 1.29 is 67.3 Å². The number of carbonyl (C=O) groups is 1. The molecule has 0 saturated heterocycles. The van der Waals surface area contributed by atoms with Crippen LogP contribution in [0, 0.1) is 29.6 Å². The highest BCUT2D eigenvalue weighted by molar-refractivity contribution is 7.92. The van der Waals surface area contributed by atoms with Crippen LogP contribution in [0.5, 0.6) is 0 Å². The number of hydrogen-bond donors (Lipinski definition) is 4. The summed E-state index contributed by atoms with van der Waals surface area (Å²) < 4.78 is 108. The second-order valence-corrected chi connectivity index (χ2v) is 29.9. The molecule has 5 aliphatic carbocycles. The summed E-state index contributed by atoms with van der Waals surface area (Å²) in [6.45, 7) is 7.95. The molecule has 5 fully saturated rings. The third-order valence-corrected chi connectivity index (χ3v) is 20.6. The van der Waals surface area contributed by atoms with Crippen molar-refractivity contribution in [1.29, 1.82) is 0 Å². The van der Waals surface area contributed by atoms with Crippen LogP contribution < -0.4 is 0 Å². The van der Waals surface area contributed by atoms with Crippen LogP contribution in [0.3, 0.4) is 0 Å². The monoisotopic (exact) mass is 960 g/mol. The molecule has 0 bridgehead atoms. The zero-order valence-corrected chi connectivity index (χ0v) is 41.8. The van der Waals surface area contributed by atoms with Crippen LogP contribution in [0.25, 0.3) is 0 Å². The number of aliphatic hydroxyl groups is 4. The molecule has 360 valence electrons. The van der Waals surface area contributed by atoms with Gasteiger partial charge < -0.3 is 25.2 Å². The Bertz CT molecular complexity index is 1580. The van der Waals surface area contributed by atoms with Crippen molar-refractivity contribution in [3.8, 4) is 0 Å². The molecule has 5 aliphatic rings. The lowest BCUT2D eigenvalue weighted by Gasteiger charge is -2.32. The lowest BCUT2D eigenvalue weighted by atomic mass is 9.80. The van der Waals surface area contributed by atoms with E-state index in [1.54, 1.807) is 34.6 Å². The molecule has 0 heterocycles. The lowest BCUT2D eigenvalue weighted by molar-refractivity contribution is -0.113. The fourth-order valence-electron chi connectivity index (χ4n) is 6.25. The third kappa shape index (κ3) is 22.2. The number of rotatable bonds is 14. The van der Waals surface area contributed by atoms with Crippen LogP contribution in [0.2, 0.25) is 0 Å². The quantitative estimate of drug-likeness (QED) is 0.182. The van der Waals surface area contributed by atoms with Crippen molar-refractivity contribution in [2.24, 2.45) is 29.6 Å². The molecule has 60 heavy (non-hydrogen) atoms. The van der Waals surface area contributed by atoms with Crippen molar-refractivity contribution >= 4 is 55.5 Å². The normalized spacial score (nSPS) is 23.1. The minimum Gasteiger partial charge on any atom is -0.392 e. The van der Waals surface area contributed by atoms with Crippen LogP contribution in [-0.2, 0) is 54.0 Å². The zero-order valence-electron chi connectivity index (χ0n) is 37.7. The van der Waals surface area contributed by atoms with Gasteiger partial charge in [-0.05, 0) is 116 Å². The summed E-state index contributed by atoms with van der Waals surface area (Å²) in [4.78, 5) is 9.79. The molecule has 0 spiro atoms. The predicted octanol–water partition coefficient (Wildman–Crippen LogP) is 3.36. The number of sulfone groups is 5. The van der Waals surface area contributed by atoms with Crippen LogP contribution in [0.1, 0.15) is 131 Å².